The molecule has 1 saturated heterocycles. The molecule has 1 aliphatic heterocycles. The summed E-state index contributed by atoms with van der Waals surface area (Å²) >= 11 is 0. The predicted octanol–water partition coefficient (Wildman–Crippen LogP) is 4.31. The average molecular weight is 372 g/mol. The number of hydrogen-bond donors (Lipinski definition) is 0. The molecule has 0 amide bonds. The summed E-state index contributed by atoms with van der Waals surface area (Å²) in [5, 5.41) is 0. The standard InChI is InChI=1S/C20H37NO5/c1-4-5-6-10-18(11-12-19(22)25-17(2)3)26-20(23)24-16-9-15-21-13-7-8-14-21/h17-18H,4-16H2,1-3H3. The molecule has 0 aromatic heterocycles. The third-order valence-electron chi connectivity index (χ3n) is 4.47. The Bertz CT molecular complexity index is 394. The van der Waals surface area contributed by atoms with Crippen LogP contribution in [0.3, 0.4) is 0 Å². The molecule has 0 aliphatic carbocycles. The fourth-order valence-electron chi connectivity index (χ4n) is 3.10. The molecule has 0 aromatic carbocycles. The lowest BCUT2D eigenvalue weighted by atomic mass is 10.1. The van der Waals surface area contributed by atoms with Crippen molar-refractivity contribution in [1.82, 2.24) is 4.90 Å². The van der Waals surface area contributed by atoms with Crippen LogP contribution < -0.4 is 0 Å². The number of rotatable bonds is 13. The molecule has 152 valence electrons. The van der Waals surface area contributed by atoms with Gasteiger partial charge in [-0.2, -0.15) is 0 Å². The summed E-state index contributed by atoms with van der Waals surface area (Å²) in [4.78, 5) is 26.0. The zero-order valence-corrected chi connectivity index (χ0v) is 16.8. The molecule has 0 saturated carbocycles. The molecule has 0 bridgehead atoms. The Morgan fingerprint density at radius 2 is 1.73 bits per heavy atom. The normalized spacial score (nSPS) is 15.8. The number of hydrogen-bond acceptors (Lipinski definition) is 6. The van der Waals surface area contributed by atoms with Crippen LogP contribution in [-0.4, -0.2) is 55.5 Å². The molecule has 1 fully saturated rings. The lowest BCUT2D eigenvalue weighted by molar-refractivity contribution is -0.148. The number of ether oxygens (including phenoxy) is 3. The fraction of sp³-hybridized carbons (Fsp3) is 0.900. The second-order valence-corrected chi connectivity index (χ2v) is 7.31. The summed E-state index contributed by atoms with van der Waals surface area (Å²) in [6, 6.07) is 0. The molecule has 0 radical (unpaired) electrons. The van der Waals surface area contributed by atoms with Crippen molar-refractivity contribution >= 4 is 12.1 Å². The Balaban J connectivity index is 2.25. The lowest BCUT2D eigenvalue weighted by Gasteiger charge is -2.18. The van der Waals surface area contributed by atoms with Crippen molar-refractivity contribution in [3.63, 3.8) is 0 Å². The second kappa shape index (κ2) is 13.8. The van der Waals surface area contributed by atoms with Crippen molar-refractivity contribution in [3.8, 4) is 0 Å². The number of nitrogens with zero attached hydrogens (tertiary/aromatic N) is 1. The summed E-state index contributed by atoms with van der Waals surface area (Å²) in [5.41, 5.74) is 0. The molecule has 1 unspecified atom stereocenters. The molecular weight excluding hydrogens is 334 g/mol. The van der Waals surface area contributed by atoms with Gasteiger partial charge in [0.1, 0.15) is 6.10 Å². The first-order chi connectivity index (χ1) is 12.5. The van der Waals surface area contributed by atoms with Crippen LogP contribution in [0, 0.1) is 0 Å². The zero-order valence-electron chi connectivity index (χ0n) is 16.8. The predicted molar refractivity (Wildman–Crippen MR) is 101 cm³/mol. The van der Waals surface area contributed by atoms with Crippen LogP contribution >= 0.6 is 0 Å². The van der Waals surface area contributed by atoms with Gasteiger partial charge in [0.15, 0.2) is 0 Å². The van der Waals surface area contributed by atoms with Gasteiger partial charge < -0.3 is 19.1 Å². The van der Waals surface area contributed by atoms with E-state index in [1.54, 1.807) is 0 Å². The Kier molecular flexibility index (Phi) is 12.1. The van der Waals surface area contributed by atoms with Gasteiger partial charge in [-0.3, -0.25) is 4.79 Å². The van der Waals surface area contributed by atoms with Crippen LogP contribution in [-0.2, 0) is 19.0 Å². The van der Waals surface area contributed by atoms with Crippen LogP contribution in [0.1, 0.15) is 78.6 Å². The Morgan fingerprint density at radius 1 is 1.00 bits per heavy atom. The van der Waals surface area contributed by atoms with E-state index in [9.17, 15) is 9.59 Å². The lowest BCUT2D eigenvalue weighted by Crippen LogP contribution is -2.24. The summed E-state index contributed by atoms with van der Waals surface area (Å²) in [5.74, 6) is -0.247. The summed E-state index contributed by atoms with van der Waals surface area (Å²) in [6.45, 7) is 9.43. The van der Waals surface area contributed by atoms with E-state index in [1.807, 2.05) is 13.8 Å². The van der Waals surface area contributed by atoms with Crippen molar-refractivity contribution in [2.24, 2.45) is 0 Å². The van der Waals surface area contributed by atoms with Crippen molar-refractivity contribution in [1.29, 1.82) is 0 Å². The minimum absolute atomic E-state index is 0.123. The maximum absolute atomic E-state index is 11.9. The number of esters is 1. The first kappa shape index (κ1) is 22.7. The summed E-state index contributed by atoms with van der Waals surface area (Å²) < 4.78 is 15.8. The van der Waals surface area contributed by atoms with E-state index in [4.69, 9.17) is 14.2 Å². The van der Waals surface area contributed by atoms with E-state index < -0.39 is 6.16 Å². The van der Waals surface area contributed by atoms with E-state index in [0.29, 0.717) is 13.0 Å². The van der Waals surface area contributed by atoms with Gasteiger partial charge in [0.25, 0.3) is 0 Å². The summed E-state index contributed by atoms with van der Waals surface area (Å²) in [7, 11) is 0. The third-order valence-corrected chi connectivity index (χ3v) is 4.47. The third kappa shape index (κ3) is 11.3. The first-order valence-electron chi connectivity index (χ1n) is 10.3. The van der Waals surface area contributed by atoms with Crippen molar-refractivity contribution < 1.29 is 23.8 Å². The van der Waals surface area contributed by atoms with Crippen LogP contribution in [0.5, 0.6) is 0 Å². The number of likely N-dealkylation sites (tertiary alicyclic amines) is 1. The van der Waals surface area contributed by atoms with Gasteiger partial charge in [-0.15, -0.1) is 0 Å². The Hall–Kier alpha value is -1.30. The first-order valence-corrected chi connectivity index (χ1v) is 10.3. The largest absolute Gasteiger partial charge is 0.508 e. The van der Waals surface area contributed by atoms with Gasteiger partial charge >= 0.3 is 12.1 Å². The van der Waals surface area contributed by atoms with Crippen molar-refractivity contribution in [2.75, 3.05) is 26.2 Å². The zero-order chi connectivity index (χ0) is 19.2. The number of carbonyl (C=O) groups excluding carboxylic acids is 2. The quantitative estimate of drug-likeness (QED) is 0.355. The highest BCUT2D eigenvalue weighted by molar-refractivity contribution is 5.69. The smallest absolute Gasteiger partial charge is 0.463 e. The molecule has 0 N–H and O–H groups in total. The second-order valence-electron chi connectivity index (χ2n) is 7.31. The van der Waals surface area contributed by atoms with Crippen molar-refractivity contribution in [2.45, 2.75) is 90.8 Å². The minimum atomic E-state index is -0.620. The van der Waals surface area contributed by atoms with Crippen LogP contribution in [0.25, 0.3) is 0 Å². The summed E-state index contributed by atoms with van der Waals surface area (Å²) in [6.07, 6.45) is 6.99. The fourth-order valence-corrected chi connectivity index (χ4v) is 3.10. The number of carbonyl (C=O) groups is 2. The molecule has 1 heterocycles. The van der Waals surface area contributed by atoms with Gasteiger partial charge in [0.2, 0.25) is 0 Å². The van der Waals surface area contributed by atoms with Gasteiger partial charge in [-0.1, -0.05) is 19.8 Å². The van der Waals surface area contributed by atoms with Crippen LogP contribution in [0.2, 0.25) is 0 Å². The molecule has 26 heavy (non-hydrogen) atoms. The van der Waals surface area contributed by atoms with Gasteiger partial charge in [-0.05, 0) is 65.5 Å². The van der Waals surface area contributed by atoms with Gasteiger partial charge in [0.05, 0.1) is 12.7 Å². The highest BCUT2D eigenvalue weighted by atomic mass is 16.7. The Labute approximate surface area is 158 Å². The maximum atomic E-state index is 11.9. The van der Waals surface area contributed by atoms with Crippen molar-refractivity contribution in [3.05, 3.63) is 0 Å². The molecule has 1 atom stereocenters. The number of unbranched alkanes of at least 4 members (excludes halogenated alkanes) is 2. The molecule has 6 nitrogen and oxygen atoms in total. The van der Waals surface area contributed by atoms with E-state index in [2.05, 4.69) is 11.8 Å². The van der Waals surface area contributed by atoms with Crippen LogP contribution in [0.15, 0.2) is 0 Å². The molecular formula is C20H37NO5. The highest BCUT2D eigenvalue weighted by Gasteiger charge is 2.18. The molecule has 0 aromatic rings. The Morgan fingerprint density at radius 3 is 2.38 bits per heavy atom. The van der Waals surface area contributed by atoms with E-state index >= 15 is 0 Å². The van der Waals surface area contributed by atoms with Gasteiger partial charge in [0, 0.05) is 13.0 Å². The average Bonchev–Trinajstić information content (AvgIpc) is 3.09. The molecule has 6 heteroatoms. The molecule has 0 spiro atoms. The molecule has 1 rings (SSSR count). The topological polar surface area (TPSA) is 65.1 Å². The SMILES string of the molecule is CCCCCC(CCC(=O)OC(C)C)OC(=O)OCCCN1CCCC1. The van der Waals surface area contributed by atoms with E-state index in [-0.39, 0.29) is 24.6 Å². The molecule has 1 aliphatic rings. The van der Waals surface area contributed by atoms with E-state index in [0.717, 1.165) is 51.7 Å². The maximum Gasteiger partial charge on any atom is 0.508 e. The monoisotopic (exact) mass is 371 g/mol. The minimum Gasteiger partial charge on any atom is -0.463 e. The van der Waals surface area contributed by atoms with E-state index in [1.165, 1.54) is 12.8 Å². The van der Waals surface area contributed by atoms with Gasteiger partial charge in [-0.25, -0.2) is 4.79 Å². The van der Waals surface area contributed by atoms with Crippen LogP contribution in [0.4, 0.5) is 4.79 Å². The highest BCUT2D eigenvalue weighted by Crippen LogP contribution is 2.14.